The molecule has 0 radical (unpaired) electrons. The Hall–Kier alpha value is -1.33. The summed E-state index contributed by atoms with van der Waals surface area (Å²) in [6.45, 7) is 0. The maximum Gasteiger partial charge on any atom is 0.129 e. The highest BCUT2D eigenvalue weighted by molar-refractivity contribution is 6.31. The van der Waals surface area contributed by atoms with E-state index in [1.165, 1.54) is 19.2 Å². The molecule has 0 saturated heterocycles. The maximum absolute atomic E-state index is 14.1. The van der Waals surface area contributed by atoms with Crippen molar-refractivity contribution in [3.63, 3.8) is 0 Å². The molecule has 0 aliphatic carbocycles. The van der Waals surface area contributed by atoms with Crippen LogP contribution in [0.4, 0.5) is 4.39 Å². The Labute approximate surface area is 126 Å². The number of ether oxygens (including phenoxy) is 1. The SMILES string of the molecule is COc1ccc(Cl)cc1C(NN)c1c(F)cccc1Cl. The van der Waals surface area contributed by atoms with Crippen LogP contribution in [0.2, 0.25) is 10.0 Å². The van der Waals surface area contributed by atoms with E-state index in [9.17, 15) is 4.39 Å². The van der Waals surface area contributed by atoms with E-state index in [-0.39, 0.29) is 10.6 Å². The van der Waals surface area contributed by atoms with Crippen LogP contribution in [0, 0.1) is 5.82 Å². The average molecular weight is 315 g/mol. The van der Waals surface area contributed by atoms with Gasteiger partial charge in [-0.1, -0.05) is 29.3 Å². The second-order valence-corrected chi connectivity index (χ2v) is 4.96. The van der Waals surface area contributed by atoms with E-state index in [4.69, 9.17) is 33.8 Å². The maximum atomic E-state index is 14.1. The predicted molar refractivity (Wildman–Crippen MR) is 78.6 cm³/mol. The van der Waals surface area contributed by atoms with Crippen molar-refractivity contribution < 1.29 is 9.13 Å². The third-order valence-corrected chi connectivity index (χ3v) is 3.52. The van der Waals surface area contributed by atoms with Crippen LogP contribution in [0.3, 0.4) is 0 Å². The van der Waals surface area contributed by atoms with Gasteiger partial charge in [-0.15, -0.1) is 0 Å². The molecule has 0 amide bonds. The Morgan fingerprint density at radius 2 is 2.00 bits per heavy atom. The molecule has 0 aromatic heterocycles. The molecule has 3 nitrogen and oxygen atoms in total. The fourth-order valence-corrected chi connectivity index (χ4v) is 2.50. The van der Waals surface area contributed by atoms with E-state index >= 15 is 0 Å². The third kappa shape index (κ3) is 2.88. The number of nitrogens with one attached hydrogen (secondary N) is 1. The van der Waals surface area contributed by atoms with Gasteiger partial charge < -0.3 is 4.74 Å². The molecule has 1 unspecified atom stereocenters. The van der Waals surface area contributed by atoms with Gasteiger partial charge in [0.1, 0.15) is 11.6 Å². The number of benzene rings is 2. The lowest BCUT2D eigenvalue weighted by atomic mass is 9.98. The van der Waals surface area contributed by atoms with Crippen molar-refractivity contribution in [3.05, 3.63) is 63.4 Å². The Balaban J connectivity index is 2.61. The zero-order chi connectivity index (χ0) is 14.7. The summed E-state index contributed by atoms with van der Waals surface area (Å²) in [5.41, 5.74) is 3.41. The summed E-state index contributed by atoms with van der Waals surface area (Å²) in [6, 6.07) is 8.82. The molecule has 0 spiro atoms. The molecule has 6 heteroatoms. The molecular formula is C14H13Cl2FN2O. The molecule has 1 atom stereocenters. The number of hydrogen-bond donors (Lipinski definition) is 2. The standard InChI is InChI=1S/C14H13Cl2FN2O/c1-20-12-6-5-8(15)7-9(12)14(19-18)13-10(16)3-2-4-11(13)17/h2-7,14,19H,18H2,1H3. The lowest BCUT2D eigenvalue weighted by molar-refractivity contribution is 0.403. The van der Waals surface area contributed by atoms with Crippen LogP contribution in [0.1, 0.15) is 17.2 Å². The van der Waals surface area contributed by atoms with Crippen molar-refractivity contribution in [1.82, 2.24) is 5.43 Å². The zero-order valence-electron chi connectivity index (χ0n) is 10.7. The summed E-state index contributed by atoms with van der Waals surface area (Å²) in [7, 11) is 1.52. The van der Waals surface area contributed by atoms with E-state index in [2.05, 4.69) is 5.43 Å². The van der Waals surface area contributed by atoms with E-state index in [1.54, 1.807) is 24.3 Å². The minimum atomic E-state index is -0.669. The van der Waals surface area contributed by atoms with E-state index < -0.39 is 11.9 Å². The van der Waals surface area contributed by atoms with Gasteiger partial charge in [-0.25, -0.2) is 9.82 Å². The number of methoxy groups -OCH3 is 1. The molecule has 0 bridgehead atoms. The fourth-order valence-electron chi connectivity index (χ4n) is 2.05. The Morgan fingerprint density at radius 1 is 1.25 bits per heavy atom. The molecule has 0 fully saturated rings. The van der Waals surface area contributed by atoms with Gasteiger partial charge in [0.25, 0.3) is 0 Å². The van der Waals surface area contributed by atoms with E-state index in [1.807, 2.05) is 0 Å². The first kappa shape index (κ1) is 15.1. The molecule has 0 aliphatic rings. The van der Waals surface area contributed by atoms with Crippen molar-refractivity contribution in [2.75, 3.05) is 7.11 Å². The Bertz CT molecular complexity index is 602. The molecule has 2 rings (SSSR count). The summed E-state index contributed by atoms with van der Waals surface area (Å²) >= 11 is 12.1. The average Bonchev–Trinajstić information content (AvgIpc) is 2.43. The topological polar surface area (TPSA) is 47.3 Å². The van der Waals surface area contributed by atoms with Crippen LogP contribution >= 0.6 is 23.2 Å². The van der Waals surface area contributed by atoms with Gasteiger partial charge in [0.15, 0.2) is 0 Å². The molecule has 0 aliphatic heterocycles. The summed E-state index contributed by atoms with van der Waals surface area (Å²) in [6.07, 6.45) is 0. The highest BCUT2D eigenvalue weighted by Crippen LogP contribution is 2.35. The molecule has 0 saturated carbocycles. The zero-order valence-corrected chi connectivity index (χ0v) is 12.2. The monoisotopic (exact) mass is 314 g/mol. The van der Waals surface area contributed by atoms with Crippen LogP contribution in [0.5, 0.6) is 5.75 Å². The van der Waals surface area contributed by atoms with Gasteiger partial charge in [0, 0.05) is 21.2 Å². The third-order valence-electron chi connectivity index (χ3n) is 2.96. The summed E-state index contributed by atoms with van der Waals surface area (Å²) in [5.74, 6) is 5.66. The van der Waals surface area contributed by atoms with Gasteiger partial charge in [-0.05, 0) is 30.3 Å². The molecule has 2 aromatic carbocycles. The van der Waals surface area contributed by atoms with Gasteiger partial charge in [0.05, 0.1) is 13.2 Å². The van der Waals surface area contributed by atoms with E-state index in [0.717, 1.165) is 0 Å². The van der Waals surface area contributed by atoms with Crippen LogP contribution in [0.25, 0.3) is 0 Å². The highest BCUT2D eigenvalue weighted by Gasteiger charge is 2.23. The van der Waals surface area contributed by atoms with Crippen molar-refractivity contribution in [3.8, 4) is 5.75 Å². The minimum Gasteiger partial charge on any atom is -0.496 e. The molecule has 106 valence electrons. The van der Waals surface area contributed by atoms with Crippen molar-refractivity contribution in [1.29, 1.82) is 0 Å². The quantitative estimate of drug-likeness (QED) is 0.668. The number of nitrogens with two attached hydrogens (primary N) is 1. The lowest BCUT2D eigenvalue weighted by Crippen LogP contribution is -2.30. The highest BCUT2D eigenvalue weighted by atomic mass is 35.5. The largest absolute Gasteiger partial charge is 0.496 e. The van der Waals surface area contributed by atoms with Crippen molar-refractivity contribution >= 4 is 23.2 Å². The van der Waals surface area contributed by atoms with Crippen LogP contribution in [-0.4, -0.2) is 7.11 Å². The number of rotatable bonds is 4. The van der Waals surface area contributed by atoms with Gasteiger partial charge in [-0.2, -0.15) is 0 Å². The lowest BCUT2D eigenvalue weighted by Gasteiger charge is -2.21. The smallest absolute Gasteiger partial charge is 0.129 e. The number of halogens is 3. The summed E-state index contributed by atoms with van der Waals surface area (Å²) < 4.78 is 19.3. The second-order valence-electron chi connectivity index (χ2n) is 4.12. The number of hydrazine groups is 1. The Morgan fingerprint density at radius 3 is 2.60 bits per heavy atom. The fraction of sp³-hybridized carbons (Fsp3) is 0.143. The van der Waals surface area contributed by atoms with Gasteiger partial charge in [0.2, 0.25) is 0 Å². The first-order chi connectivity index (χ1) is 9.58. The van der Waals surface area contributed by atoms with Gasteiger partial charge >= 0.3 is 0 Å². The van der Waals surface area contributed by atoms with Crippen LogP contribution in [0.15, 0.2) is 36.4 Å². The predicted octanol–water partition coefficient (Wildman–Crippen LogP) is 3.69. The molecule has 20 heavy (non-hydrogen) atoms. The van der Waals surface area contributed by atoms with Crippen LogP contribution < -0.4 is 16.0 Å². The van der Waals surface area contributed by atoms with Gasteiger partial charge in [-0.3, -0.25) is 5.84 Å². The van der Waals surface area contributed by atoms with Crippen LogP contribution in [-0.2, 0) is 0 Å². The van der Waals surface area contributed by atoms with Crippen molar-refractivity contribution in [2.24, 2.45) is 5.84 Å². The van der Waals surface area contributed by atoms with E-state index in [0.29, 0.717) is 16.3 Å². The first-order valence-corrected chi connectivity index (χ1v) is 6.57. The molecule has 2 aromatic rings. The molecule has 3 N–H and O–H groups in total. The second kappa shape index (κ2) is 6.41. The Kier molecular flexibility index (Phi) is 4.83. The normalized spacial score (nSPS) is 12.2. The molecular weight excluding hydrogens is 302 g/mol. The van der Waals surface area contributed by atoms with Crippen molar-refractivity contribution in [2.45, 2.75) is 6.04 Å². The summed E-state index contributed by atoms with van der Waals surface area (Å²) in [4.78, 5) is 0. The first-order valence-electron chi connectivity index (χ1n) is 5.82. The minimum absolute atomic E-state index is 0.247. The molecule has 0 heterocycles. The number of hydrogen-bond acceptors (Lipinski definition) is 3. The summed E-state index contributed by atoms with van der Waals surface area (Å²) in [5, 5.41) is 0.767.